The molecule has 0 amide bonds. The zero-order valence-electron chi connectivity index (χ0n) is 8.73. The lowest BCUT2D eigenvalue weighted by atomic mass is 9.89. The van der Waals surface area contributed by atoms with Gasteiger partial charge >= 0.3 is 0 Å². The van der Waals surface area contributed by atoms with E-state index in [1.807, 2.05) is 0 Å². The van der Waals surface area contributed by atoms with Crippen LogP contribution in [0.25, 0.3) is 0 Å². The van der Waals surface area contributed by atoms with Crippen molar-refractivity contribution in [2.75, 3.05) is 13.1 Å². The summed E-state index contributed by atoms with van der Waals surface area (Å²) >= 11 is 0. The molecule has 2 N–H and O–H groups in total. The molecule has 0 aromatic rings. The van der Waals surface area contributed by atoms with Crippen LogP contribution >= 0.6 is 0 Å². The molecule has 0 atom stereocenters. The van der Waals surface area contributed by atoms with E-state index < -0.39 is 0 Å². The maximum Gasteiger partial charge on any atom is 0.0180 e. The van der Waals surface area contributed by atoms with Crippen molar-refractivity contribution in [2.45, 2.75) is 57.0 Å². The Morgan fingerprint density at radius 1 is 1.15 bits per heavy atom. The van der Waals surface area contributed by atoms with E-state index in [1.165, 1.54) is 51.6 Å². The zero-order valence-corrected chi connectivity index (χ0v) is 8.73. The molecule has 2 aliphatic rings. The molecule has 13 heavy (non-hydrogen) atoms. The molecule has 1 aliphatic carbocycles. The molecule has 0 aromatic heterocycles. The van der Waals surface area contributed by atoms with Gasteiger partial charge in [-0.3, -0.25) is 0 Å². The first kappa shape index (κ1) is 9.47. The van der Waals surface area contributed by atoms with Gasteiger partial charge < -0.3 is 10.6 Å². The van der Waals surface area contributed by atoms with Crippen molar-refractivity contribution in [3.63, 3.8) is 0 Å². The first-order valence-electron chi connectivity index (χ1n) is 5.77. The topological polar surface area (TPSA) is 24.1 Å². The lowest BCUT2D eigenvalue weighted by Crippen LogP contribution is -2.53. The van der Waals surface area contributed by atoms with Gasteiger partial charge in [0.1, 0.15) is 0 Å². The Balaban J connectivity index is 1.83. The van der Waals surface area contributed by atoms with Crippen LogP contribution in [0, 0.1) is 0 Å². The van der Waals surface area contributed by atoms with Crippen LogP contribution in [-0.4, -0.2) is 24.7 Å². The fourth-order valence-electron chi connectivity index (χ4n) is 2.69. The Bertz CT molecular complexity index is 155. The predicted molar refractivity (Wildman–Crippen MR) is 55.9 cm³/mol. The molecule has 0 radical (unpaired) electrons. The maximum absolute atomic E-state index is 3.85. The Labute approximate surface area is 81.5 Å². The fourth-order valence-corrected chi connectivity index (χ4v) is 2.69. The van der Waals surface area contributed by atoms with Crippen LogP contribution in [0.15, 0.2) is 0 Å². The summed E-state index contributed by atoms with van der Waals surface area (Å²) < 4.78 is 0. The molecule has 0 aromatic carbocycles. The third-order valence-corrected chi connectivity index (χ3v) is 3.61. The smallest absolute Gasteiger partial charge is 0.0180 e. The van der Waals surface area contributed by atoms with Gasteiger partial charge in [-0.15, -0.1) is 0 Å². The van der Waals surface area contributed by atoms with Crippen LogP contribution in [0.4, 0.5) is 0 Å². The average molecular weight is 182 g/mol. The molecular weight excluding hydrogens is 160 g/mol. The Morgan fingerprint density at radius 2 is 1.77 bits per heavy atom. The van der Waals surface area contributed by atoms with Gasteiger partial charge in [-0.05, 0) is 45.7 Å². The van der Waals surface area contributed by atoms with E-state index in [4.69, 9.17) is 0 Å². The van der Waals surface area contributed by atoms with Crippen molar-refractivity contribution >= 4 is 0 Å². The van der Waals surface area contributed by atoms with Crippen molar-refractivity contribution in [1.82, 2.24) is 10.6 Å². The van der Waals surface area contributed by atoms with Crippen molar-refractivity contribution in [2.24, 2.45) is 0 Å². The van der Waals surface area contributed by atoms with Crippen LogP contribution in [-0.2, 0) is 0 Å². The first-order chi connectivity index (χ1) is 6.29. The van der Waals surface area contributed by atoms with Crippen LogP contribution in [0.3, 0.4) is 0 Å². The van der Waals surface area contributed by atoms with Crippen LogP contribution < -0.4 is 10.6 Å². The van der Waals surface area contributed by atoms with Crippen molar-refractivity contribution in [3.8, 4) is 0 Å². The molecule has 2 fully saturated rings. The molecule has 1 heterocycles. The SMILES string of the molecule is CC1(NC2CCCC2)CCNCC1. The van der Waals surface area contributed by atoms with Crippen molar-refractivity contribution < 1.29 is 0 Å². The van der Waals surface area contributed by atoms with Gasteiger partial charge in [0.25, 0.3) is 0 Å². The quantitative estimate of drug-likeness (QED) is 0.678. The van der Waals surface area contributed by atoms with E-state index in [9.17, 15) is 0 Å². The van der Waals surface area contributed by atoms with Gasteiger partial charge in [0.05, 0.1) is 0 Å². The predicted octanol–water partition coefficient (Wildman–Crippen LogP) is 1.66. The highest BCUT2D eigenvalue weighted by Gasteiger charge is 2.29. The molecule has 0 unspecified atom stereocenters. The van der Waals surface area contributed by atoms with E-state index in [0.29, 0.717) is 5.54 Å². The van der Waals surface area contributed by atoms with E-state index >= 15 is 0 Å². The summed E-state index contributed by atoms with van der Waals surface area (Å²) in [5, 5.41) is 7.28. The van der Waals surface area contributed by atoms with Gasteiger partial charge in [-0.2, -0.15) is 0 Å². The molecule has 0 bridgehead atoms. The van der Waals surface area contributed by atoms with Crippen LogP contribution in [0.1, 0.15) is 45.4 Å². The Hall–Kier alpha value is -0.0800. The average Bonchev–Trinajstić information content (AvgIpc) is 2.57. The van der Waals surface area contributed by atoms with Crippen LogP contribution in [0.2, 0.25) is 0 Å². The highest BCUT2D eigenvalue weighted by Crippen LogP contribution is 2.24. The summed E-state index contributed by atoms with van der Waals surface area (Å²) in [5.41, 5.74) is 0.431. The lowest BCUT2D eigenvalue weighted by molar-refractivity contribution is 0.239. The van der Waals surface area contributed by atoms with Gasteiger partial charge in [0, 0.05) is 11.6 Å². The molecule has 76 valence electrons. The highest BCUT2D eigenvalue weighted by molar-refractivity contribution is 4.91. The summed E-state index contributed by atoms with van der Waals surface area (Å²) in [7, 11) is 0. The van der Waals surface area contributed by atoms with E-state index in [0.717, 1.165) is 6.04 Å². The van der Waals surface area contributed by atoms with E-state index in [-0.39, 0.29) is 0 Å². The van der Waals surface area contributed by atoms with E-state index in [2.05, 4.69) is 17.6 Å². The molecule has 1 aliphatic heterocycles. The largest absolute Gasteiger partial charge is 0.317 e. The second-order valence-corrected chi connectivity index (χ2v) is 4.94. The number of rotatable bonds is 2. The second kappa shape index (κ2) is 3.97. The summed E-state index contributed by atoms with van der Waals surface area (Å²) in [6.45, 7) is 4.78. The maximum atomic E-state index is 3.85. The van der Waals surface area contributed by atoms with Crippen LogP contribution in [0.5, 0.6) is 0 Å². The summed E-state index contributed by atoms with van der Waals surface area (Å²) in [6, 6.07) is 0.822. The standard InChI is InChI=1S/C11H22N2/c1-11(6-8-12-9-7-11)13-10-4-2-3-5-10/h10,12-13H,2-9H2,1H3. The number of nitrogens with one attached hydrogen (secondary N) is 2. The molecule has 2 rings (SSSR count). The molecule has 1 saturated heterocycles. The van der Waals surface area contributed by atoms with Gasteiger partial charge in [-0.25, -0.2) is 0 Å². The highest BCUT2D eigenvalue weighted by atomic mass is 15.0. The van der Waals surface area contributed by atoms with Gasteiger partial charge in [0.2, 0.25) is 0 Å². The fraction of sp³-hybridized carbons (Fsp3) is 1.00. The van der Waals surface area contributed by atoms with Gasteiger partial charge in [0.15, 0.2) is 0 Å². The molecule has 2 nitrogen and oxygen atoms in total. The monoisotopic (exact) mass is 182 g/mol. The summed E-state index contributed by atoms with van der Waals surface area (Å²) in [6.07, 6.45) is 8.27. The van der Waals surface area contributed by atoms with Crippen molar-refractivity contribution in [3.05, 3.63) is 0 Å². The Morgan fingerprint density at radius 3 is 2.38 bits per heavy atom. The minimum Gasteiger partial charge on any atom is -0.317 e. The molecular formula is C11H22N2. The number of hydrogen-bond acceptors (Lipinski definition) is 2. The normalized spacial score (nSPS) is 29.3. The van der Waals surface area contributed by atoms with E-state index in [1.54, 1.807) is 0 Å². The first-order valence-corrected chi connectivity index (χ1v) is 5.77. The Kier molecular flexibility index (Phi) is 2.89. The van der Waals surface area contributed by atoms with Gasteiger partial charge in [-0.1, -0.05) is 12.8 Å². The van der Waals surface area contributed by atoms with Crippen molar-refractivity contribution in [1.29, 1.82) is 0 Å². The number of hydrogen-bond donors (Lipinski definition) is 2. The zero-order chi connectivity index (χ0) is 9.15. The summed E-state index contributed by atoms with van der Waals surface area (Å²) in [5.74, 6) is 0. The minimum atomic E-state index is 0.431. The lowest BCUT2D eigenvalue weighted by Gasteiger charge is -2.37. The summed E-state index contributed by atoms with van der Waals surface area (Å²) in [4.78, 5) is 0. The molecule has 0 spiro atoms. The third-order valence-electron chi connectivity index (χ3n) is 3.61. The number of piperidine rings is 1. The molecule has 1 saturated carbocycles. The minimum absolute atomic E-state index is 0.431. The third kappa shape index (κ3) is 2.44. The second-order valence-electron chi connectivity index (χ2n) is 4.94. The molecule has 2 heteroatoms.